The van der Waals surface area contributed by atoms with Gasteiger partial charge in [0.2, 0.25) is 11.8 Å². The number of nitrogens with one attached hydrogen (secondary N) is 1. The lowest BCUT2D eigenvalue weighted by atomic mass is 10.1. The lowest BCUT2D eigenvalue weighted by Gasteiger charge is -2.35. The first kappa shape index (κ1) is 24.5. The van der Waals surface area contributed by atoms with Crippen LogP contribution in [-0.2, 0) is 15.8 Å². The minimum absolute atomic E-state index is 0.0133. The van der Waals surface area contributed by atoms with E-state index in [1.165, 1.54) is 18.2 Å². The summed E-state index contributed by atoms with van der Waals surface area (Å²) in [5.74, 6) is -0.548. The van der Waals surface area contributed by atoms with Crippen LogP contribution in [0.4, 0.5) is 24.5 Å². The van der Waals surface area contributed by atoms with E-state index in [-0.39, 0.29) is 24.7 Å². The molecule has 6 nitrogen and oxygen atoms in total. The van der Waals surface area contributed by atoms with Crippen LogP contribution in [0, 0.1) is 0 Å². The van der Waals surface area contributed by atoms with Crippen molar-refractivity contribution in [2.75, 3.05) is 56.0 Å². The molecule has 2 aromatic rings. The van der Waals surface area contributed by atoms with Crippen LogP contribution in [0.5, 0.6) is 0 Å². The Balaban J connectivity index is 1.49. The van der Waals surface area contributed by atoms with Gasteiger partial charge in [0.25, 0.3) is 0 Å². The number of amides is 2. The Morgan fingerprint density at radius 1 is 0.939 bits per heavy atom. The van der Waals surface area contributed by atoms with E-state index in [0.717, 1.165) is 11.8 Å². The van der Waals surface area contributed by atoms with Crippen molar-refractivity contribution in [3.05, 3.63) is 72.8 Å². The molecule has 1 heterocycles. The van der Waals surface area contributed by atoms with Crippen molar-refractivity contribution in [1.82, 2.24) is 9.80 Å². The fraction of sp³-hybridized carbons (Fsp3) is 0.333. The zero-order valence-corrected chi connectivity index (χ0v) is 18.2. The Hall–Kier alpha value is -3.17. The number of carbonyl (C=O) groups is 2. The van der Waals surface area contributed by atoms with Gasteiger partial charge >= 0.3 is 6.18 Å². The van der Waals surface area contributed by atoms with E-state index < -0.39 is 17.6 Å². The zero-order valence-electron chi connectivity index (χ0n) is 18.2. The van der Waals surface area contributed by atoms with Gasteiger partial charge in [0.1, 0.15) is 0 Å². The molecule has 2 amide bonds. The van der Waals surface area contributed by atoms with E-state index in [0.29, 0.717) is 32.7 Å². The van der Waals surface area contributed by atoms with Gasteiger partial charge in [-0.25, -0.2) is 0 Å². The first-order valence-electron chi connectivity index (χ1n) is 10.6. The Morgan fingerprint density at radius 3 is 2.12 bits per heavy atom. The van der Waals surface area contributed by atoms with E-state index in [9.17, 15) is 22.8 Å². The Morgan fingerprint density at radius 2 is 1.52 bits per heavy atom. The number of para-hydroxylation sites is 2. The van der Waals surface area contributed by atoms with Crippen LogP contribution in [0.25, 0.3) is 0 Å². The molecule has 9 heteroatoms. The summed E-state index contributed by atoms with van der Waals surface area (Å²) >= 11 is 0. The molecule has 3 rings (SSSR count). The molecular weight excluding hydrogens is 433 g/mol. The highest BCUT2D eigenvalue weighted by atomic mass is 19.4. The van der Waals surface area contributed by atoms with Crippen molar-refractivity contribution in [3.8, 4) is 0 Å². The SMILES string of the molecule is C=CCN(C(=O)CN1CCN(CC(=O)Nc2ccccc2C(F)(F)F)CC1)c1ccccc1. The number of nitrogens with zero attached hydrogens (tertiary/aromatic N) is 3. The molecule has 0 radical (unpaired) electrons. The van der Waals surface area contributed by atoms with Gasteiger partial charge in [0.15, 0.2) is 0 Å². The Labute approximate surface area is 191 Å². The quantitative estimate of drug-likeness (QED) is 0.613. The van der Waals surface area contributed by atoms with E-state index in [2.05, 4.69) is 11.9 Å². The Kier molecular flexibility index (Phi) is 8.24. The molecule has 1 aliphatic rings. The van der Waals surface area contributed by atoms with Gasteiger partial charge in [0, 0.05) is 38.4 Å². The smallest absolute Gasteiger partial charge is 0.324 e. The predicted molar refractivity (Wildman–Crippen MR) is 122 cm³/mol. The van der Waals surface area contributed by atoms with E-state index in [1.807, 2.05) is 40.1 Å². The summed E-state index contributed by atoms with van der Waals surface area (Å²) in [5, 5.41) is 2.37. The lowest BCUT2D eigenvalue weighted by Crippen LogP contribution is -2.51. The van der Waals surface area contributed by atoms with Gasteiger partial charge in [-0.3, -0.25) is 19.4 Å². The van der Waals surface area contributed by atoms with Crippen LogP contribution in [0.15, 0.2) is 67.3 Å². The highest BCUT2D eigenvalue weighted by Gasteiger charge is 2.33. The molecule has 1 N–H and O–H groups in total. The lowest BCUT2D eigenvalue weighted by molar-refractivity contribution is -0.137. The van der Waals surface area contributed by atoms with Crippen molar-refractivity contribution in [2.45, 2.75) is 6.18 Å². The molecule has 0 aromatic heterocycles. The second kappa shape index (κ2) is 11.1. The number of piperazine rings is 1. The third-order valence-electron chi connectivity index (χ3n) is 5.38. The molecule has 2 aromatic carbocycles. The van der Waals surface area contributed by atoms with Crippen molar-refractivity contribution < 1.29 is 22.8 Å². The fourth-order valence-electron chi connectivity index (χ4n) is 3.70. The molecule has 0 unspecified atom stereocenters. The summed E-state index contributed by atoms with van der Waals surface area (Å²) < 4.78 is 39.3. The average molecular weight is 461 g/mol. The highest BCUT2D eigenvalue weighted by Crippen LogP contribution is 2.34. The number of hydrogen-bond acceptors (Lipinski definition) is 4. The summed E-state index contributed by atoms with van der Waals surface area (Å²) in [7, 11) is 0. The molecule has 0 atom stereocenters. The molecule has 176 valence electrons. The molecule has 1 fully saturated rings. The molecule has 0 bridgehead atoms. The maximum absolute atomic E-state index is 13.1. The number of rotatable bonds is 8. The van der Waals surface area contributed by atoms with Crippen molar-refractivity contribution in [1.29, 1.82) is 0 Å². The van der Waals surface area contributed by atoms with Crippen LogP contribution in [0.2, 0.25) is 0 Å². The van der Waals surface area contributed by atoms with Crippen molar-refractivity contribution in [2.24, 2.45) is 0 Å². The van der Waals surface area contributed by atoms with Crippen LogP contribution in [0.3, 0.4) is 0 Å². The minimum atomic E-state index is -4.54. The average Bonchev–Trinajstić information content (AvgIpc) is 2.79. The molecular formula is C24H27F3N4O2. The largest absolute Gasteiger partial charge is 0.418 e. The number of anilines is 2. The summed E-state index contributed by atoms with van der Waals surface area (Å²) in [5.41, 5.74) is -0.316. The van der Waals surface area contributed by atoms with Crippen LogP contribution >= 0.6 is 0 Å². The predicted octanol–water partition coefficient (Wildman–Crippen LogP) is 3.48. The summed E-state index contributed by atoms with van der Waals surface area (Å²) in [6, 6.07) is 14.3. The molecule has 33 heavy (non-hydrogen) atoms. The number of carbonyl (C=O) groups excluding carboxylic acids is 2. The van der Waals surface area contributed by atoms with Gasteiger partial charge in [0.05, 0.1) is 24.3 Å². The number of hydrogen-bond donors (Lipinski definition) is 1. The Bertz CT molecular complexity index is 958. The first-order chi connectivity index (χ1) is 15.8. The topological polar surface area (TPSA) is 55.9 Å². The number of alkyl halides is 3. The van der Waals surface area contributed by atoms with Gasteiger partial charge in [-0.05, 0) is 24.3 Å². The van der Waals surface area contributed by atoms with Gasteiger partial charge in [-0.2, -0.15) is 13.2 Å². The number of halogens is 3. The van der Waals surface area contributed by atoms with Gasteiger partial charge < -0.3 is 10.2 Å². The molecule has 0 spiro atoms. The molecule has 0 aliphatic carbocycles. The van der Waals surface area contributed by atoms with Crippen molar-refractivity contribution in [3.63, 3.8) is 0 Å². The normalized spacial score (nSPS) is 15.1. The second-order valence-corrected chi connectivity index (χ2v) is 7.77. The monoisotopic (exact) mass is 460 g/mol. The summed E-state index contributed by atoms with van der Waals surface area (Å²) in [6.07, 6.45) is -2.86. The van der Waals surface area contributed by atoms with Crippen LogP contribution in [-0.4, -0.2) is 67.4 Å². The van der Waals surface area contributed by atoms with Crippen LogP contribution < -0.4 is 10.2 Å². The second-order valence-electron chi connectivity index (χ2n) is 7.77. The molecule has 1 saturated heterocycles. The zero-order chi connectivity index (χ0) is 23.8. The fourth-order valence-corrected chi connectivity index (χ4v) is 3.70. The first-order valence-corrected chi connectivity index (χ1v) is 10.6. The van der Waals surface area contributed by atoms with Gasteiger partial charge in [-0.1, -0.05) is 36.4 Å². The third kappa shape index (κ3) is 6.90. The third-order valence-corrected chi connectivity index (χ3v) is 5.38. The van der Waals surface area contributed by atoms with Crippen molar-refractivity contribution >= 4 is 23.2 Å². The maximum Gasteiger partial charge on any atom is 0.418 e. The molecule has 1 aliphatic heterocycles. The summed E-state index contributed by atoms with van der Waals surface area (Å²) in [4.78, 5) is 30.7. The molecule has 0 saturated carbocycles. The van der Waals surface area contributed by atoms with E-state index in [4.69, 9.17) is 0 Å². The van der Waals surface area contributed by atoms with E-state index >= 15 is 0 Å². The van der Waals surface area contributed by atoms with Crippen LogP contribution in [0.1, 0.15) is 5.56 Å². The minimum Gasteiger partial charge on any atom is -0.324 e. The standard InChI is InChI=1S/C24H27F3N4O2/c1-2-12-31(19-8-4-3-5-9-19)23(33)18-30-15-13-29(14-16-30)17-22(32)28-21-11-7-6-10-20(21)24(25,26)27/h2-11H,1,12-18H2,(H,28,32). The maximum atomic E-state index is 13.1. The van der Waals surface area contributed by atoms with E-state index in [1.54, 1.807) is 11.0 Å². The summed E-state index contributed by atoms with van der Waals surface area (Å²) in [6.45, 7) is 6.59. The van der Waals surface area contributed by atoms with Gasteiger partial charge in [-0.15, -0.1) is 6.58 Å². The number of benzene rings is 2. The highest BCUT2D eigenvalue weighted by molar-refractivity contribution is 5.95.